The highest BCUT2D eigenvalue weighted by molar-refractivity contribution is 7.86. The Morgan fingerprint density at radius 1 is 0.812 bits per heavy atom. The summed E-state index contributed by atoms with van der Waals surface area (Å²) in [5.74, 6) is 0.142. The lowest BCUT2D eigenvalue weighted by Gasteiger charge is -2.04. The molecule has 0 amide bonds. The molecule has 0 aromatic carbocycles. The summed E-state index contributed by atoms with van der Waals surface area (Å²) in [6.07, 6.45) is 8.87. The highest BCUT2D eigenvalue weighted by Gasteiger charge is 2.08. The quantitative estimate of drug-likeness (QED) is 0.416. The summed E-state index contributed by atoms with van der Waals surface area (Å²) >= 11 is 0. The number of hydrogen-bond donors (Lipinski definition) is 0. The van der Waals surface area contributed by atoms with Crippen molar-refractivity contribution in [3.63, 3.8) is 0 Å². The minimum Gasteiger partial charge on any atom is -0.270 e. The Hall–Kier alpha value is -0.0900. The average molecular weight is 250 g/mol. The van der Waals surface area contributed by atoms with Gasteiger partial charge in [0.25, 0.3) is 10.1 Å². The van der Waals surface area contributed by atoms with Gasteiger partial charge in [-0.25, -0.2) is 0 Å². The molecule has 0 aliphatic carbocycles. The monoisotopic (exact) mass is 250 g/mol. The van der Waals surface area contributed by atoms with Gasteiger partial charge in [-0.3, -0.25) is 4.18 Å². The van der Waals surface area contributed by atoms with Crippen molar-refractivity contribution in [2.24, 2.45) is 0 Å². The first-order valence-corrected chi connectivity index (χ1v) is 8.07. The van der Waals surface area contributed by atoms with Gasteiger partial charge in [-0.15, -0.1) is 0 Å². The summed E-state index contributed by atoms with van der Waals surface area (Å²) in [6.45, 7) is 4.40. The molecule has 0 aliphatic heterocycles. The molecule has 0 saturated heterocycles. The second kappa shape index (κ2) is 10.1. The molecule has 0 N–H and O–H groups in total. The van der Waals surface area contributed by atoms with E-state index in [-0.39, 0.29) is 5.75 Å². The summed E-state index contributed by atoms with van der Waals surface area (Å²) in [5.41, 5.74) is 0. The highest BCUT2D eigenvalue weighted by atomic mass is 32.2. The molecule has 98 valence electrons. The maximum atomic E-state index is 11.2. The Balaban J connectivity index is 3.27. The van der Waals surface area contributed by atoms with Crippen molar-refractivity contribution < 1.29 is 12.6 Å². The van der Waals surface area contributed by atoms with E-state index < -0.39 is 10.1 Å². The third-order valence-electron chi connectivity index (χ3n) is 2.46. The van der Waals surface area contributed by atoms with Crippen molar-refractivity contribution in [2.45, 2.75) is 65.2 Å². The van der Waals surface area contributed by atoms with E-state index in [2.05, 4.69) is 6.92 Å². The summed E-state index contributed by atoms with van der Waals surface area (Å²) in [4.78, 5) is 0. The second-order valence-electron chi connectivity index (χ2n) is 4.21. The maximum absolute atomic E-state index is 11.2. The molecule has 16 heavy (non-hydrogen) atoms. The van der Waals surface area contributed by atoms with E-state index in [1.807, 2.05) is 6.92 Å². The van der Waals surface area contributed by atoms with Crippen LogP contribution in [0.3, 0.4) is 0 Å². The molecule has 0 aromatic heterocycles. The van der Waals surface area contributed by atoms with E-state index in [0.717, 1.165) is 12.8 Å². The number of rotatable bonds is 11. The molecule has 4 heteroatoms. The molecule has 0 unspecified atom stereocenters. The zero-order chi connectivity index (χ0) is 12.3. The molecule has 0 atom stereocenters. The van der Waals surface area contributed by atoms with Crippen molar-refractivity contribution in [1.29, 1.82) is 0 Å². The number of unbranched alkanes of at least 4 members (excludes halogenated alkanes) is 6. The topological polar surface area (TPSA) is 43.4 Å². The smallest absolute Gasteiger partial charge is 0.267 e. The largest absolute Gasteiger partial charge is 0.270 e. The Labute approximate surface area is 101 Å². The van der Waals surface area contributed by atoms with Crippen LogP contribution in [-0.2, 0) is 14.3 Å². The minimum absolute atomic E-state index is 0.142. The second-order valence-corrected chi connectivity index (χ2v) is 5.96. The molecule has 0 spiro atoms. The zero-order valence-corrected chi connectivity index (χ0v) is 11.5. The highest BCUT2D eigenvalue weighted by Crippen LogP contribution is 2.07. The van der Waals surface area contributed by atoms with Gasteiger partial charge in [-0.2, -0.15) is 8.42 Å². The van der Waals surface area contributed by atoms with E-state index in [1.165, 1.54) is 32.1 Å². The predicted octanol–water partition coefficient (Wildman–Crippen LogP) is 3.49. The molecular formula is C12H26O3S. The molecule has 0 heterocycles. The van der Waals surface area contributed by atoms with E-state index in [4.69, 9.17) is 4.18 Å². The van der Waals surface area contributed by atoms with Crippen LogP contribution < -0.4 is 0 Å². The lowest BCUT2D eigenvalue weighted by Crippen LogP contribution is -2.10. The third kappa shape index (κ3) is 10.4. The van der Waals surface area contributed by atoms with Crippen molar-refractivity contribution in [3.8, 4) is 0 Å². The average Bonchev–Trinajstić information content (AvgIpc) is 2.22. The predicted molar refractivity (Wildman–Crippen MR) is 68.0 cm³/mol. The molecular weight excluding hydrogens is 224 g/mol. The van der Waals surface area contributed by atoms with Crippen LogP contribution in [0.4, 0.5) is 0 Å². The van der Waals surface area contributed by atoms with Crippen LogP contribution in [0.1, 0.15) is 65.2 Å². The summed E-state index contributed by atoms with van der Waals surface area (Å²) < 4.78 is 27.2. The molecule has 0 saturated carbocycles. The summed E-state index contributed by atoms with van der Waals surface area (Å²) in [7, 11) is -3.23. The SMILES string of the molecule is CCCCCCCCCOS(=O)(=O)CCC. The minimum atomic E-state index is -3.23. The van der Waals surface area contributed by atoms with Crippen LogP contribution in [0.15, 0.2) is 0 Å². The molecule has 0 aliphatic rings. The molecule has 3 nitrogen and oxygen atoms in total. The van der Waals surface area contributed by atoms with Gasteiger partial charge in [0.05, 0.1) is 12.4 Å². The first-order valence-electron chi connectivity index (χ1n) is 6.49. The van der Waals surface area contributed by atoms with Gasteiger partial charge < -0.3 is 0 Å². The zero-order valence-electron chi connectivity index (χ0n) is 10.7. The van der Waals surface area contributed by atoms with Crippen LogP contribution in [0.5, 0.6) is 0 Å². The fourth-order valence-corrected chi connectivity index (χ4v) is 2.54. The van der Waals surface area contributed by atoms with Gasteiger partial charge in [0.2, 0.25) is 0 Å². The van der Waals surface area contributed by atoms with E-state index in [1.54, 1.807) is 0 Å². The fraction of sp³-hybridized carbons (Fsp3) is 1.00. The lowest BCUT2D eigenvalue weighted by molar-refractivity contribution is 0.306. The van der Waals surface area contributed by atoms with Crippen molar-refractivity contribution >= 4 is 10.1 Å². The molecule has 0 fully saturated rings. The van der Waals surface area contributed by atoms with Crippen LogP contribution in [-0.4, -0.2) is 20.8 Å². The Bertz CT molecular complexity index is 235. The van der Waals surface area contributed by atoms with Crippen LogP contribution >= 0.6 is 0 Å². The molecule has 0 aromatic rings. The molecule has 0 radical (unpaired) electrons. The normalized spacial score (nSPS) is 11.9. The summed E-state index contributed by atoms with van der Waals surface area (Å²) in [6, 6.07) is 0. The van der Waals surface area contributed by atoms with Crippen LogP contribution in [0.2, 0.25) is 0 Å². The van der Waals surface area contributed by atoms with Crippen LogP contribution in [0, 0.1) is 0 Å². The third-order valence-corrected chi connectivity index (χ3v) is 3.90. The standard InChI is InChI=1S/C12H26O3S/c1-3-5-6-7-8-9-10-11-15-16(13,14)12-4-2/h3-12H2,1-2H3. The first kappa shape index (κ1) is 15.9. The van der Waals surface area contributed by atoms with Crippen LogP contribution in [0.25, 0.3) is 0 Å². The lowest BCUT2D eigenvalue weighted by atomic mass is 10.1. The summed E-state index contributed by atoms with van der Waals surface area (Å²) in [5, 5.41) is 0. The Morgan fingerprint density at radius 3 is 1.94 bits per heavy atom. The van der Waals surface area contributed by atoms with Gasteiger partial charge in [-0.05, 0) is 12.8 Å². The maximum Gasteiger partial charge on any atom is 0.267 e. The van der Waals surface area contributed by atoms with Gasteiger partial charge >= 0.3 is 0 Å². The first-order chi connectivity index (χ1) is 7.62. The van der Waals surface area contributed by atoms with E-state index >= 15 is 0 Å². The Kier molecular flexibility index (Phi) is 10.0. The molecule has 0 bridgehead atoms. The Morgan fingerprint density at radius 2 is 1.38 bits per heavy atom. The fourth-order valence-electron chi connectivity index (χ4n) is 1.55. The number of hydrogen-bond acceptors (Lipinski definition) is 3. The van der Waals surface area contributed by atoms with E-state index in [9.17, 15) is 8.42 Å². The van der Waals surface area contributed by atoms with Gasteiger partial charge in [0, 0.05) is 0 Å². The van der Waals surface area contributed by atoms with Gasteiger partial charge in [0.1, 0.15) is 0 Å². The molecule has 0 rings (SSSR count). The van der Waals surface area contributed by atoms with Crippen molar-refractivity contribution in [2.75, 3.05) is 12.4 Å². The van der Waals surface area contributed by atoms with Gasteiger partial charge in [-0.1, -0.05) is 52.4 Å². The van der Waals surface area contributed by atoms with Crippen molar-refractivity contribution in [1.82, 2.24) is 0 Å². The van der Waals surface area contributed by atoms with E-state index in [0.29, 0.717) is 13.0 Å². The van der Waals surface area contributed by atoms with Crippen molar-refractivity contribution in [3.05, 3.63) is 0 Å². The van der Waals surface area contributed by atoms with Gasteiger partial charge in [0.15, 0.2) is 0 Å².